The molecule has 0 aliphatic carbocycles. The highest BCUT2D eigenvalue weighted by Crippen LogP contribution is 2.33. The van der Waals surface area contributed by atoms with Crippen molar-refractivity contribution in [3.8, 4) is 5.75 Å². The zero-order valence-electron chi connectivity index (χ0n) is 7.75. The van der Waals surface area contributed by atoms with Crippen molar-refractivity contribution in [2.45, 2.75) is 0 Å². The standard InChI is InChI=1S/C8H7BrN2O4S/c9-5-1-2-7(12)6(3-5)11-4-8(13)10-16(11,14)15/h1-4,10,12-13H. The molecule has 0 amide bonds. The van der Waals surface area contributed by atoms with Gasteiger partial charge >= 0.3 is 10.2 Å². The maximum absolute atomic E-state index is 11.5. The van der Waals surface area contributed by atoms with Gasteiger partial charge in [0.15, 0.2) is 0 Å². The van der Waals surface area contributed by atoms with Crippen LogP contribution >= 0.6 is 15.9 Å². The Labute approximate surface area is 100 Å². The van der Waals surface area contributed by atoms with E-state index in [4.69, 9.17) is 5.11 Å². The smallest absolute Gasteiger partial charge is 0.330 e. The number of anilines is 1. The number of benzene rings is 1. The Bertz CT molecular complexity index is 569. The third kappa shape index (κ3) is 1.81. The Balaban J connectivity index is 2.57. The number of rotatable bonds is 1. The van der Waals surface area contributed by atoms with E-state index in [9.17, 15) is 13.5 Å². The lowest BCUT2D eigenvalue weighted by Gasteiger charge is -2.15. The van der Waals surface area contributed by atoms with E-state index in [0.717, 1.165) is 10.5 Å². The molecule has 1 aliphatic heterocycles. The molecule has 2 rings (SSSR count). The number of phenolic OH excluding ortho intramolecular Hbond substituents is 1. The molecule has 3 N–H and O–H groups in total. The van der Waals surface area contributed by atoms with Gasteiger partial charge in [0.25, 0.3) is 0 Å². The summed E-state index contributed by atoms with van der Waals surface area (Å²) >= 11 is 3.16. The Kier molecular flexibility index (Phi) is 2.47. The van der Waals surface area contributed by atoms with E-state index in [1.807, 2.05) is 4.72 Å². The average molecular weight is 307 g/mol. The Morgan fingerprint density at radius 3 is 2.56 bits per heavy atom. The first-order valence-corrected chi connectivity index (χ1v) is 6.35. The maximum Gasteiger partial charge on any atom is 0.330 e. The van der Waals surface area contributed by atoms with Crippen molar-refractivity contribution in [3.63, 3.8) is 0 Å². The second kappa shape index (κ2) is 3.56. The summed E-state index contributed by atoms with van der Waals surface area (Å²) in [5.74, 6) is -0.709. The normalized spacial score (nSPS) is 18.1. The Hall–Kier alpha value is -1.41. The molecule has 1 aliphatic rings. The van der Waals surface area contributed by atoms with E-state index in [1.165, 1.54) is 12.1 Å². The molecule has 1 aromatic rings. The number of hydrogen-bond donors (Lipinski definition) is 3. The minimum absolute atomic E-state index is 0.0472. The summed E-state index contributed by atoms with van der Waals surface area (Å²) in [6, 6.07) is 4.33. The van der Waals surface area contributed by atoms with Crippen molar-refractivity contribution in [1.29, 1.82) is 0 Å². The molecule has 16 heavy (non-hydrogen) atoms. The summed E-state index contributed by atoms with van der Waals surface area (Å²) in [6.45, 7) is 0. The molecule has 6 nitrogen and oxygen atoms in total. The first-order valence-electron chi connectivity index (χ1n) is 4.11. The van der Waals surface area contributed by atoms with Gasteiger partial charge in [0.1, 0.15) is 11.4 Å². The van der Waals surface area contributed by atoms with Gasteiger partial charge in [0.05, 0.1) is 6.20 Å². The second-order valence-electron chi connectivity index (χ2n) is 3.05. The van der Waals surface area contributed by atoms with Crippen LogP contribution in [-0.4, -0.2) is 18.6 Å². The van der Waals surface area contributed by atoms with Crippen LogP contribution in [0.25, 0.3) is 0 Å². The lowest BCUT2D eigenvalue weighted by Crippen LogP contribution is -2.29. The first kappa shape index (κ1) is 11.1. The third-order valence-electron chi connectivity index (χ3n) is 1.91. The van der Waals surface area contributed by atoms with Crippen molar-refractivity contribution in [2.24, 2.45) is 0 Å². The van der Waals surface area contributed by atoms with Crippen molar-refractivity contribution in [1.82, 2.24) is 4.72 Å². The van der Waals surface area contributed by atoms with E-state index in [2.05, 4.69) is 15.9 Å². The van der Waals surface area contributed by atoms with Crippen LogP contribution in [0.3, 0.4) is 0 Å². The van der Waals surface area contributed by atoms with E-state index < -0.39 is 16.1 Å². The monoisotopic (exact) mass is 306 g/mol. The fourth-order valence-corrected chi connectivity index (χ4v) is 2.67. The van der Waals surface area contributed by atoms with Gasteiger partial charge in [-0.25, -0.2) is 9.03 Å². The molecule has 0 saturated carbocycles. The molecule has 1 aromatic carbocycles. The van der Waals surface area contributed by atoms with Crippen molar-refractivity contribution < 1.29 is 18.6 Å². The Morgan fingerprint density at radius 1 is 1.31 bits per heavy atom. The predicted octanol–water partition coefficient (Wildman–Crippen LogP) is 1.17. The average Bonchev–Trinajstić information content (AvgIpc) is 2.43. The zero-order chi connectivity index (χ0) is 11.9. The highest BCUT2D eigenvalue weighted by atomic mass is 79.9. The van der Waals surface area contributed by atoms with Crippen molar-refractivity contribution >= 4 is 31.8 Å². The lowest BCUT2D eigenvalue weighted by atomic mass is 10.3. The quantitative estimate of drug-likeness (QED) is 0.726. The number of halogens is 1. The van der Waals surface area contributed by atoms with Crippen LogP contribution in [0.4, 0.5) is 5.69 Å². The van der Waals surface area contributed by atoms with Gasteiger partial charge in [-0.1, -0.05) is 15.9 Å². The van der Waals surface area contributed by atoms with Gasteiger partial charge in [-0.3, -0.25) is 0 Å². The van der Waals surface area contributed by atoms with Gasteiger partial charge in [-0.05, 0) is 18.2 Å². The van der Waals surface area contributed by atoms with E-state index in [1.54, 1.807) is 6.07 Å². The molecular weight excluding hydrogens is 300 g/mol. The van der Waals surface area contributed by atoms with Crippen LogP contribution in [-0.2, 0) is 10.2 Å². The summed E-state index contributed by atoms with van der Waals surface area (Å²) < 4.78 is 26.3. The lowest BCUT2D eigenvalue weighted by molar-refractivity contribution is 0.392. The highest BCUT2D eigenvalue weighted by Gasteiger charge is 2.30. The molecule has 0 aromatic heterocycles. The van der Waals surface area contributed by atoms with E-state index >= 15 is 0 Å². The number of phenols is 1. The zero-order valence-corrected chi connectivity index (χ0v) is 10.2. The molecule has 0 bridgehead atoms. The Morgan fingerprint density at radius 2 is 2.00 bits per heavy atom. The molecule has 8 heteroatoms. The summed E-state index contributed by atoms with van der Waals surface area (Å²) in [7, 11) is -3.87. The molecule has 86 valence electrons. The van der Waals surface area contributed by atoms with E-state index in [-0.39, 0.29) is 11.4 Å². The summed E-state index contributed by atoms with van der Waals surface area (Å²) in [5.41, 5.74) is 0.0472. The van der Waals surface area contributed by atoms with Crippen molar-refractivity contribution in [2.75, 3.05) is 4.31 Å². The second-order valence-corrected chi connectivity index (χ2v) is 5.51. The summed E-state index contributed by atoms with van der Waals surface area (Å²) in [5, 5.41) is 18.6. The molecule has 0 atom stereocenters. The number of aliphatic hydroxyl groups excluding tert-OH is 1. The SMILES string of the molecule is O=S1(=O)NC(O)=CN1c1cc(Br)ccc1O. The van der Waals surface area contributed by atoms with Gasteiger partial charge in [-0.2, -0.15) is 8.42 Å². The fourth-order valence-electron chi connectivity index (χ4n) is 1.26. The van der Waals surface area contributed by atoms with E-state index in [0.29, 0.717) is 4.47 Å². The van der Waals surface area contributed by atoms with Crippen LogP contribution in [0, 0.1) is 0 Å². The summed E-state index contributed by atoms with van der Waals surface area (Å²) in [6.07, 6.45) is 0.969. The molecule has 0 spiro atoms. The van der Waals surface area contributed by atoms with Crippen LogP contribution in [0.2, 0.25) is 0 Å². The molecule has 0 saturated heterocycles. The van der Waals surface area contributed by atoms with Crippen LogP contribution in [0.15, 0.2) is 34.8 Å². The number of nitrogens with one attached hydrogen (secondary N) is 1. The number of hydrogen-bond acceptors (Lipinski definition) is 4. The fraction of sp³-hybridized carbons (Fsp3) is 0. The van der Waals surface area contributed by atoms with Crippen LogP contribution in [0.1, 0.15) is 0 Å². The number of aliphatic hydroxyl groups is 1. The largest absolute Gasteiger partial charge is 0.506 e. The molecule has 1 heterocycles. The van der Waals surface area contributed by atoms with Crippen molar-refractivity contribution in [3.05, 3.63) is 34.8 Å². The van der Waals surface area contributed by atoms with Crippen LogP contribution < -0.4 is 9.03 Å². The number of nitrogens with zero attached hydrogens (tertiary/aromatic N) is 1. The minimum Gasteiger partial charge on any atom is -0.506 e. The first-order chi connectivity index (χ1) is 7.40. The molecule has 0 radical (unpaired) electrons. The van der Waals surface area contributed by atoms with Gasteiger partial charge < -0.3 is 10.2 Å². The topological polar surface area (TPSA) is 89.9 Å². The van der Waals surface area contributed by atoms with Crippen LogP contribution in [0.5, 0.6) is 5.75 Å². The maximum atomic E-state index is 11.5. The third-order valence-corrected chi connectivity index (χ3v) is 3.69. The predicted molar refractivity (Wildman–Crippen MR) is 61.1 cm³/mol. The number of aromatic hydroxyl groups is 1. The summed E-state index contributed by atoms with van der Waals surface area (Å²) in [4.78, 5) is 0. The van der Waals surface area contributed by atoms with Gasteiger partial charge in [0, 0.05) is 4.47 Å². The van der Waals surface area contributed by atoms with Gasteiger partial charge in [0.2, 0.25) is 5.88 Å². The highest BCUT2D eigenvalue weighted by molar-refractivity contribution is 9.10. The molecule has 0 fully saturated rings. The van der Waals surface area contributed by atoms with Gasteiger partial charge in [-0.15, -0.1) is 0 Å². The minimum atomic E-state index is -3.87. The molecule has 0 unspecified atom stereocenters. The molecular formula is C8H7BrN2O4S.